The van der Waals surface area contributed by atoms with Crippen LogP contribution in [0.5, 0.6) is 0 Å². The molecule has 2 nitrogen and oxygen atoms in total. The van der Waals surface area contributed by atoms with Crippen LogP contribution in [0.25, 0.3) is 0 Å². The molecule has 2 aliphatic heterocycles. The smallest absolute Gasteiger partial charge is 0.0573 e. The summed E-state index contributed by atoms with van der Waals surface area (Å²) in [5, 5.41) is 2.05. The molecule has 2 heterocycles. The van der Waals surface area contributed by atoms with Gasteiger partial charge in [-0.1, -0.05) is 6.08 Å². The highest BCUT2D eigenvalue weighted by Gasteiger charge is 2.15. The molecule has 10 heavy (non-hydrogen) atoms. The van der Waals surface area contributed by atoms with Gasteiger partial charge in [-0.15, -0.1) is 0 Å². The molecule has 0 spiro atoms. The predicted molar refractivity (Wildman–Crippen MR) is 40.8 cm³/mol. The van der Waals surface area contributed by atoms with Crippen molar-refractivity contribution in [2.45, 2.75) is 6.92 Å². The molecule has 0 aromatic carbocycles. The van der Waals surface area contributed by atoms with Crippen molar-refractivity contribution >= 4 is 0 Å². The fourth-order valence-corrected chi connectivity index (χ4v) is 1.22. The first-order chi connectivity index (χ1) is 4.88. The number of nitrogens with one attached hydrogen (secondary N) is 1. The van der Waals surface area contributed by atoms with Crippen molar-refractivity contribution in [3.63, 3.8) is 0 Å². The Balaban J connectivity index is 2.39. The molecule has 0 bridgehead atoms. The quantitative estimate of drug-likeness (QED) is 0.535. The lowest BCUT2D eigenvalue weighted by Crippen LogP contribution is -2.26. The van der Waals surface area contributed by atoms with Gasteiger partial charge < -0.3 is 0 Å². The van der Waals surface area contributed by atoms with Gasteiger partial charge in [0.25, 0.3) is 0 Å². The van der Waals surface area contributed by atoms with E-state index in [0.29, 0.717) is 0 Å². The average molecular weight is 134 g/mol. The Kier molecular flexibility index (Phi) is 1.14. The zero-order valence-electron chi connectivity index (χ0n) is 5.96. The minimum absolute atomic E-state index is 0.976. The second-order valence-corrected chi connectivity index (χ2v) is 2.57. The van der Waals surface area contributed by atoms with Gasteiger partial charge in [-0.3, -0.25) is 5.01 Å². The van der Waals surface area contributed by atoms with Gasteiger partial charge in [-0.25, -0.2) is 5.43 Å². The van der Waals surface area contributed by atoms with Crippen LogP contribution in [0.15, 0.2) is 35.7 Å². The lowest BCUT2D eigenvalue weighted by molar-refractivity contribution is 0.395. The number of hydrazine groups is 1. The third kappa shape index (κ3) is 0.693. The first-order valence-corrected chi connectivity index (χ1v) is 3.45. The van der Waals surface area contributed by atoms with E-state index in [2.05, 4.69) is 29.5 Å². The molecule has 0 aromatic rings. The van der Waals surface area contributed by atoms with Gasteiger partial charge in [0.15, 0.2) is 0 Å². The standard InChI is InChI=1S/C8H10N2/c1-7-6-9-10-5-3-2-4-8(7)10/h2-5,9H,6H2,1H3. The Morgan fingerprint density at radius 1 is 1.50 bits per heavy atom. The molecule has 0 fully saturated rings. The van der Waals surface area contributed by atoms with Gasteiger partial charge in [0, 0.05) is 12.7 Å². The number of rotatable bonds is 0. The highest BCUT2D eigenvalue weighted by molar-refractivity contribution is 5.34. The number of hydrogen-bond acceptors (Lipinski definition) is 2. The zero-order valence-corrected chi connectivity index (χ0v) is 5.96. The number of fused-ring (bicyclic) bond motifs is 1. The van der Waals surface area contributed by atoms with Crippen LogP contribution in [0.2, 0.25) is 0 Å². The first-order valence-electron chi connectivity index (χ1n) is 3.45. The van der Waals surface area contributed by atoms with Crippen molar-refractivity contribution in [2.24, 2.45) is 0 Å². The Morgan fingerprint density at radius 3 is 3.20 bits per heavy atom. The topological polar surface area (TPSA) is 15.3 Å². The third-order valence-corrected chi connectivity index (χ3v) is 1.81. The second-order valence-electron chi connectivity index (χ2n) is 2.57. The highest BCUT2D eigenvalue weighted by atomic mass is 15.5. The van der Waals surface area contributed by atoms with Crippen LogP contribution in [0.1, 0.15) is 6.92 Å². The van der Waals surface area contributed by atoms with Crippen LogP contribution in [-0.2, 0) is 0 Å². The van der Waals surface area contributed by atoms with E-state index in [1.807, 2.05) is 12.3 Å². The molecule has 2 rings (SSSR count). The van der Waals surface area contributed by atoms with E-state index in [-0.39, 0.29) is 0 Å². The first kappa shape index (κ1) is 5.74. The Labute approximate surface area is 60.5 Å². The summed E-state index contributed by atoms with van der Waals surface area (Å²) in [7, 11) is 0. The van der Waals surface area contributed by atoms with E-state index in [0.717, 1.165) is 6.54 Å². The van der Waals surface area contributed by atoms with Gasteiger partial charge in [-0.05, 0) is 24.6 Å². The lowest BCUT2D eigenvalue weighted by Gasteiger charge is -2.16. The molecular formula is C8H10N2. The van der Waals surface area contributed by atoms with Gasteiger partial charge in [0.1, 0.15) is 0 Å². The molecule has 0 aromatic heterocycles. The van der Waals surface area contributed by atoms with Crippen LogP contribution in [0.4, 0.5) is 0 Å². The van der Waals surface area contributed by atoms with E-state index in [4.69, 9.17) is 0 Å². The molecule has 52 valence electrons. The van der Waals surface area contributed by atoms with E-state index in [1.165, 1.54) is 11.3 Å². The van der Waals surface area contributed by atoms with Crippen molar-refractivity contribution in [2.75, 3.05) is 6.54 Å². The molecule has 0 radical (unpaired) electrons. The summed E-state index contributed by atoms with van der Waals surface area (Å²) in [6, 6.07) is 0. The Morgan fingerprint density at radius 2 is 2.40 bits per heavy atom. The summed E-state index contributed by atoms with van der Waals surface area (Å²) in [5.41, 5.74) is 5.93. The molecular weight excluding hydrogens is 124 g/mol. The summed E-state index contributed by atoms with van der Waals surface area (Å²) in [5.74, 6) is 0. The maximum Gasteiger partial charge on any atom is 0.0573 e. The van der Waals surface area contributed by atoms with Crippen LogP contribution in [0.3, 0.4) is 0 Å². The Bertz CT molecular complexity index is 236. The van der Waals surface area contributed by atoms with Gasteiger partial charge in [0.05, 0.1) is 5.70 Å². The summed E-state index contributed by atoms with van der Waals surface area (Å²) >= 11 is 0. The molecule has 0 atom stereocenters. The second kappa shape index (κ2) is 1.99. The van der Waals surface area contributed by atoms with Crippen LogP contribution in [-0.4, -0.2) is 11.6 Å². The summed E-state index contributed by atoms with van der Waals surface area (Å²) in [6.07, 6.45) is 8.23. The van der Waals surface area contributed by atoms with Crippen molar-refractivity contribution in [3.05, 3.63) is 35.7 Å². The molecule has 2 heteroatoms. The van der Waals surface area contributed by atoms with Crippen LogP contribution < -0.4 is 5.43 Å². The van der Waals surface area contributed by atoms with Gasteiger partial charge in [0.2, 0.25) is 0 Å². The average Bonchev–Trinajstić information content (AvgIpc) is 2.34. The monoisotopic (exact) mass is 134 g/mol. The fourth-order valence-electron chi connectivity index (χ4n) is 1.22. The molecule has 1 N–H and O–H groups in total. The molecule has 0 saturated heterocycles. The van der Waals surface area contributed by atoms with E-state index in [1.54, 1.807) is 0 Å². The summed E-state index contributed by atoms with van der Waals surface area (Å²) in [4.78, 5) is 0. The highest BCUT2D eigenvalue weighted by Crippen LogP contribution is 2.18. The van der Waals surface area contributed by atoms with Crippen molar-refractivity contribution in [1.82, 2.24) is 10.4 Å². The van der Waals surface area contributed by atoms with Crippen molar-refractivity contribution in [3.8, 4) is 0 Å². The van der Waals surface area contributed by atoms with E-state index < -0.39 is 0 Å². The number of hydrogen-bond donors (Lipinski definition) is 1. The van der Waals surface area contributed by atoms with E-state index >= 15 is 0 Å². The van der Waals surface area contributed by atoms with Crippen molar-refractivity contribution < 1.29 is 0 Å². The Hall–Kier alpha value is -1.02. The van der Waals surface area contributed by atoms with Gasteiger partial charge in [-0.2, -0.15) is 0 Å². The normalized spacial score (nSPS) is 22.3. The minimum atomic E-state index is 0.976. The third-order valence-electron chi connectivity index (χ3n) is 1.81. The summed E-state index contributed by atoms with van der Waals surface area (Å²) < 4.78 is 0. The zero-order chi connectivity index (χ0) is 6.97. The van der Waals surface area contributed by atoms with Crippen LogP contribution >= 0.6 is 0 Å². The largest absolute Gasteiger partial charge is 0.284 e. The minimum Gasteiger partial charge on any atom is -0.284 e. The van der Waals surface area contributed by atoms with Crippen molar-refractivity contribution in [1.29, 1.82) is 0 Å². The SMILES string of the molecule is CC1=C2C=CC=CN2NC1. The molecule has 2 aliphatic rings. The number of allylic oxidation sites excluding steroid dienone is 3. The predicted octanol–water partition coefficient (Wildman–Crippen LogP) is 1.16. The van der Waals surface area contributed by atoms with E-state index in [9.17, 15) is 0 Å². The maximum atomic E-state index is 3.23. The fraction of sp³-hybridized carbons (Fsp3) is 0.250. The molecule has 0 unspecified atom stereocenters. The molecule has 0 amide bonds. The molecule has 0 aliphatic carbocycles. The molecule has 0 saturated carbocycles. The number of nitrogens with zero attached hydrogens (tertiary/aromatic N) is 1. The lowest BCUT2D eigenvalue weighted by atomic mass is 10.2. The summed E-state index contributed by atoms with van der Waals surface area (Å²) in [6.45, 7) is 3.12. The van der Waals surface area contributed by atoms with Crippen LogP contribution in [0, 0.1) is 0 Å². The van der Waals surface area contributed by atoms with Gasteiger partial charge >= 0.3 is 0 Å². The maximum absolute atomic E-state index is 3.23.